The highest BCUT2D eigenvalue weighted by atomic mass is 32.2. The number of amides is 4. The Morgan fingerprint density at radius 3 is 2.69 bits per heavy atom. The van der Waals surface area contributed by atoms with Crippen LogP contribution in [0.25, 0.3) is 0 Å². The molecule has 12 heteroatoms. The van der Waals surface area contributed by atoms with Crippen LogP contribution in [-0.4, -0.2) is 40.3 Å². The van der Waals surface area contributed by atoms with Gasteiger partial charge in [-0.2, -0.15) is 13.2 Å². The number of nitrogens with one attached hydrogen (secondary N) is 2. The van der Waals surface area contributed by atoms with Crippen molar-refractivity contribution in [3.63, 3.8) is 0 Å². The van der Waals surface area contributed by atoms with Gasteiger partial charge in [0.25, 0.3) is 5.91 Å². The van der Waals surface area contributed by atoms with E-state index in [1.165, 1.54) is 23.1 Å². The number of fused-ring (bicyclic) bond motifs is 1. The Morgan fingerprint density at radius 2 is 1.94 bits per heavy atom. The molecule has 35 heavy (non-hydrogen) atoms. The van der Waals surface area contributed by atoms with E-state index in [9.17, 15) is 32.3 Å². The third kappa shape index (κ3) is 6.13. The summed E-state index contributed by atoms with van der Waals surface area (Å²) < 4.78 is 42.6. The predicted octanol–water partition coefficient (Wildman–Crippen LogP) is 3.49. The Morgan fingerprint density at radius 1 is 1.14 bits per heavy atom. The van der Waals surface area contributed by atoms with Crippen LogP contribution in [0.2, 0.25) is 0 Å². The first-order valence-corrected chi connectivity index (χ1v) is 11.4. The molecule has 0 bridgehead atoms. The summed E-state index contributed by atoms with van der Waals surface area (Å²) in [5.74, 6) is -1.17. The maximum atomic E-state index is 12.9. The highest BCUT2D eigenvalue weighted by molar-refractivity contribution is 8.00. The van der Waals surface area contributed by atoms with Gasteiger partial charge in [0.1, 0.15) is 12.6 Å². The van der Waals surface area contributed by atoms with Gasteiger partial charge in [-0.25, -0.2) is 4.79 Å². The molecule has 2 aromatic rings. The lowest BCUT2D eigenvalue weighted by molar-refractivity contribution is -0.136. The molecule has 1 fully saturated rings. The quantitative estimate of drug-likeness (QED) is 0.458. The summed E-state index contributed by atoms with van der Waals surface area (Å²) in [7, 11) is 0. The van der Waals surface area contributed by atoms with E-state index < -0.39 is 23.6 Å². The monoisotopic (exact) mass is 507 g/mol. The van der Waals surface area contributed by atoms with Crippen LogP contribution in [0.5, 0.6) is 0 Å². The number of ether oxygens (including phenoxy) is 1. The number of hydrogen-bond donors (Lipinski definition) is 2. The number of carbonyl (C=O) groups excluding carboxylic acids is 4. The molecule has 8 nitrogen and oxygen atoms in total. The third-order valence-corrected chi connectivity index (χ3v) is 6.25. The van der Waals surface area contributed by atoms with Crippen LogP contribution in [-0.2, 0) is 34.0 Å². The largest absolute Gasteiger partial charge is 0.446 e. The zero-order chi connectivity index (χ0) is 25.2. The van der Waals surface area contributed by atoms with Crippen LogP contribution in [0.15, 0.2) is 47.4 Å². The number of halogens is 3. The molecule has 2 aliphatic heterocycles. The highest BCUT2D eigenvalue weighted by Crippen LogP contribution is 2.37. The molecule has 2 heterocycles. The van der Waals surface area contributed by atoms with Crippen LogP contribution in [0.1, 0.15) is 39.9 Å². The van der Waals surface area contributed by atoms with Crippen LogP contribution < -0.4 is 10.6 Å². The maximum absolute atomic E-state index is 12.9. The van der Waals surface area contributed by atoms with Gasteiger partial charge in [-0.05, 0) is 53.1 Å². The minimum absolute atomic E-state index is 0.00633. The van der Waals surface area contributed by atoms with Crippen molar-refractivity contribution < 1.29 is 37.1 Å². The lowest BCUT2D eigenvalue weighted by Gasteiger charge is -2.29. The molecule has 2 aliphatic rings. The Balaban J connectivity index is 1.30. The number of thioether (sulfide) groups is 1. The normalized spacial score (nSPS) is 17.7. The molecule has 4 amide bonds. The molecular formula is C23H20F3N3O5S. The Kier molecular flexibility index (Phi) is 7.01. The van der Waals surface area contributed by atoms with Gasteiger partial charge in [0, 0.05) is 30.0 Å². The van der Waals surface area contributed by atoms with Gasteiger partial charge >= 0.3 is 11.6 Å². The van der Waals surface area contributed by atoms with Gasteiger partial charge in [-0.3, -0.25) is 19.7 Å². The predicted molar refractivity (Wildman–Crippen MR) is 118 cm³/mol. The SMILES string of the molecule is O=C1CCC(N2Cc3ccc(CNC(=O)OCc4cccc(SC(F)(F)F)c4)cc3C2=O)C(=O)N1. The summed E-state index contributed by atoms with van der Waals surface area (Å²) in [6.07, 6.45) is -0.335. The number of alkyl halides is 3. The molecule has 1 atom stereocenters. The first-order chi connectivity index (χ1) is 16.6. The number of imide groups is 1. The van der Waals surface area contributed by atoms with E-state index in [-0.39, 0.29) is 61.0 Å². The van der Waals surface area contributed by atoms with Crippen molar-refractivity contribution in [3.8, 4) is 0 Å². The van der Waals surface area contributed by atoms with Gasteiger partial charge in [-0.1, -0.05) is 24.3 Å². The number of alkyl carbamates (subject to hydrolysis) is 1. The number of carbonyl (C=O) groups is 4. The standard InChI is InChI=1S/C23H20F3N3O5S/c24-23(25,26)35-16-3-1-2-14(8-16)12-34-22(33)27-10-13-4-5-15-11-29(21(32)17(15)9-13)18-6-7-19(30)28-20(18)31/h1-5,8-9,18H,6-7,10-12H2,(H,27,33)(H,28,30,31). The van der Waals surface area contributed by atoms with E-state index in [1.807, 2.05) is 0 Å². The van der Waals surface area contributed by atoms with Crippen LogP contribution in [0.3, 0.4) is 0 Å². The first-order valence-electron chi connectivity index (χ1n) is 10.6. The van der Waals surface area contributed by atoms with Crippen molar-refractivity contribution in [2.24, 2.45) is 0 Å². The number of rotatable bonds is 6. The zero-order valence-corrected chi connectivity index (χ0v) is 19.0. The fraction of sp³-hybridized carbons (Fsp3) is 0.304. The molecule has 1 saturated heterocycles. The van der Waals surface area contributed by atoms with Crippen LogP contribution in [0, 0.1) is 0 Å². The second-order valence-corrected chi connectivity index (χ2v) is 9.15. The fourth-order valence-corrected chi connectivity index (χ4v) is 4.54. The summed E-state index contributed by atoms with van der Waals surface area (Å²) >= 11 is -0.248. The van der Waals surface area contributed by atoms with Gasteiger partial charge < -0.3 is 15.0 Å². The third-order valence-electron chi connectivity index (χ3n) is 5.53. The first kappa shape index (κ1) is 24.6. The molecule has 2 aromatic carbocycles. The van der Waals surface area contributed by atoms with Gasteiger partial charge in [0.05, 0.1) is 0 Å². The van der Waals surface area contributed by atoms with E-state index in [4.69, 9.17) is 4.74 Å². The molecule has 0 aliphatic carbocycles. The molecule has 0 radical (unpaired) electrons. The van der Waals surface area contributed by atoms with E-state index in [0.717, 1.165) is 5.56 Å². The van der Waals surface area contributed by atoms with E-state index in [0.29, 0.717) is 16.7 Å². The van der Waals surface area contributed by atoms with E-state index >= 15 is 0 Å². The lowest BCUT2D eigenvalue weighted by atomic mass is 10.0. The molecule has 0 aromatic heterocycles. The van der Waals surface area contributed by atoms with Gasteiger partial charge in [0.2, 0.25) is 11.8 Å². The van der Waals surface area contributed by atoms with Crippen molar-refractivity contribution in [2.75, 3.05) is 0 Å². The maximum Gasteiger partial charge on any atom is 0.446 e. The Bertz CT molecular complexity index is 1190. The molecule has 184 valence electrons. The molecular weight excluding hydrogens is 487 g/mol. The second-order valence-electron chi connectivity index (χ2n) is 8.02. The smallest absolute Gasteiger partial charge is 0.445 e. The average molecular weight is 507 g/mol. The number of hydrogen-bond acceptors (Lipinski definition) is 6. The number of nitrogens with zero attached hydrogens (tertiary/aromatic N) is 1. The van der Waals surface area contributed by atoms with Crippen LogP contribution >= 0.6 is 11.8 Å². The van der Waals surface area contributed by atoms with E-state index in [2.05, 4.69) is 10.6 Å². The zero-order valence-electron chi connectivity index (χ0n) is 18.2. The van der Waals surface area contributed by atoms with Crippen molar-refractivity contribution in [2.45, 2.75) is 49.0 Å². The highest BCUT2D eigenvalue weighted by Gasteiger charge is 2.39. The Labute approximate surface area is 202 Å². The van der Waals surface area contributed by atoms with Gasteiger partial charge in [-0.15, -0.1) is 0 Å². The molecule has 0 saturated carbocycles. The topological polar surface area (TPSA) is 105 Å². The molecule has 0 spiro atoms. The molecule has 1 unspecified atom stereocenters. The van der Waals surface area contributed by atoms with Crippen molar-refractivity contribution in [1.82, 2.24) is 15.5 Å². The average Bonchev–Trinajstić information content (AvgIpc) is 3.11. The van der Waals surface area contributed by atoms with E-state index in [1.54, 1.807) is 24.3 Å². The van der Waals surface area contributed by atoms with Crippen molar-refractivity contribution in [1.29, 1.82) is 0 Å². The molecule has 4 rings (SSSR count). The second kappa shape index (κ2) is 9.98. The fourth-order valence-electron chi connectivity index (χ4n) is 3.92. The lowest BCUT2D eigenvalue weighted by Crippen LogP contribution is -2.52. The Hall–Kier alpha value is -3.54. The summed E-state index contributed by atoms with van der Waals surface area (Å²) in [5, 5.41) is 4.79. The minimum Gasteiger partial charge on any atom is -0.445 e. The summed E-state index contributed by atoms with van der Waals surface area (Å²) in [4.78, 5) is 49.9. The minimum atomic E-state index is -4.41. The van der Waals surface area contributed by atoms with Crippen molar-refractivity contribution in [3.05, 3.63) is 64.7 Å². The number of benzene rings is 2. The van der Waals surface area contributed by atoms with Crippen LogP contribution in [0.4, 0.5) is 18.0 Å². The van der Waals surface area contributed by atoms with Crippen molar-refractivity contribution >= 4 is 35.6 Å². The summed E-state index contributed by atoms with van der Waals surface area (Å²) in [5.41, 5.74) is -2.22. The number of piperidine rings is 1. The summed E-state index contributed by atoms with van der Waals surface area (Å²) in [6, 6.07) is 10.0. The molecule has 2 N–H and O–H groups in total. The van der Waals surface area contributed by atoms with Gasteiger partial charge in [0.15, 0.2) is 0 Å². The summed E-state index contributed by atoms with van der Waals surface area (Å²) in [6.45, 7) is 0.103.